The van der Waals surface area contributed by atoms with Gasteiger partial charge in [0.05, 0.1) is 22.1 Å². The molecule has 0 aliphatic rings. The molecule has 0 spiro atoms. The molecular formula is C13H11Cl2FN2. The minimum atomic E-state index is -0.383. The van der Waals surface area contributed by atoms with Gasteiger partial charge in [-0.25, -0.2) is 4.39 Å². The van der Waals surface area contributed by atoms with E-state index in [2.05, 4.69) is 5.32 Å². The van der Waals surface area contributed by atoms with Gasteiger partial charge in [-0.3, -0.25) is 0 Å². The van der Waals surface area contributed by atoms with Crippen LogP contribution in [0.25, 0.3) is 0 Å². The smallest absolute Gasteiger partial charge is 0.125 e. The number of nitrogens with two attached hydrogens (primary N) is 1. The van der Waals surface area contributed by atoms with Gasteiger partial charge in [0.25, 0.3) is 0 Å². The maximum absolute atomic E-state index is 12.9. The van der Waals surface area contributed by atoms with Gasteiger partial charge in [-0.1, -0.05) is 23.2 Å². The molecule has 0 aliphatic carbocycles. The molecule has 0 unspecified atom stereocenters. The summed E-state index contributed by atoms with van der Waals surface area (Å²) in [6.07, 6.45) is 0. The lowest BCUT2D eigenvalue weighted by atomic mass is 10.2. The molecule has 18 heavy (non-hydrogen) atoms. The summed E-state index contributed by atoms with van der Waals surface area (Å²) in [6.45, 7) is 1.87. The van der Waals surface area contributed by atoms with Crippen molar-refractivity contribution in [1.29, 1.82) is 0 Å². The first-order valence-corrected chi connectivity index (χ1v) is 6.00. The molecule has 2 nitrogen and oxygen atoms in total. The van der Waals surface area contributed by atoms with Crippen molar-refractivity contribution in [2.45, 2.75) is 6.92 Å². The molecule has 0 aromatic heterocycles. The summed E-state index contributed by atoms with van der Waals surface area (Å²) in [5, 5.41) is 4.16. The Kier molecular flexibility index (Phi) is 3.64. The van der Waals surface area contributed by atoms with E-state index in [1.807, 2.05) is 6.92 Å². The highest BCUT2D eigenvalue weighted by Gasteiger charge is 2.07. The van der Waals surface area contributed by atoms with Crippen molar-refractivity contribution in [3.05, 3.63) is 51.8 Å². The fraction of sp³-hybridized carbons (Fsp3) is 0.0769. The van der Waals surface area contributed by atoms with Gasteiger partial charge in [-0.05, 0) is 42.8 Å². The van der Waals surface area contributed by atoms with Crippen LogP contribution in [0.1, 0.15) is 5.56 Å². The highest BCUT2D eigenvalue weighted by Crippen LogP contribution is 2.32. The lowest BCUT2D eigenvalue weighted by Crippen LogP contribution is -1.98. The monoisotopic (exact) mass is 284 g/mol. The Morgan fingerprint density at radius 2 is 1.78 bits per heavy atom. The zero-order valence-corrected chi connectivity index (χ0v) is 11.1. The van der Waals surface area contributed by atoms with Gasteiger partial charge in [0.15, 0.2) is 0 Å². The van der Waals surface area contributed by atoms with Gasteiger partial charge in [-0.15, -0.1) is 0 Å². The molecule has 2 rings (SSSR count). The Morgan fingerprint density at radius 3 is 2.44 bits per heavy atom. The van der Waals surface area contributed by atoms with Crippen LogP contribution in [0.15, 0.2) is 30.3 Å². The van der Waals surface area contributed by atoms with Crippen LogP contribution < -0.4 is 11.1 Å². The van der Waals surface area contributed by atoms with E-state index in [9.17, 15) is 4.39 Å². The minimum Gasteiger partial charge on any atom is -0.397 e. The Bertz CT molecular complexity index is 600. The van der Waals surface area contributed by atoms with E-state index in [-0.39, 0.29) is 5.82 Å². The van der Waals surface area contributed by atoms with Crippen LogP contribution in [0.4, 0.5) is 21.5 Å². The first kappa shape index (κ1) is 13.0. The summed E-state index contributed by atoms with van der Waals surface area (Å²) in [5.74, 6) is -0.383. The summed E-state index contributed by atoms with van der Waals surface area (Å²) in [7, 11) is 0. The van der Waals surface area contributed by atoms with Crippen molar-refractivity contribution in [3.63, 3.8) is 0 Å². The number of anilines is 3. The highest BCUT2D eigenvalue weighted by molar-refractivity contribution is 6.35. The molecule has 0 heterocycles. The molecule has 0 saturated heterocycles. The summed E-state index contributed by atoms with van der Waals surface area (Å²) in [5.41, 5.74) is 8.12. The third-order valence-electron chi connectivity index (χ3n) is 2.53. The standard InChI is InChI=1S/C13H11Cl2FN2/c1-7-4-10(15)13(6-9(7)14)18-12-3-2-8(16)5-11(12)17/h2-6,18H,17H2,1H3. The fourth-order valence-corrected chi connectivity index (χ4v) is 1.96. The number of nitrogen functional groups attached to an aromatic ring is 1. The van der Waals surface area contributed by atoms with E-state index in [1.54, 1.807) is 18.2 Å². The van der Waals surface area contributed by atoms with Crippen LogP contribution >= 0.6 is 23.2 Å². The minimum absolute atomic E-state index is 0.308. The summed E-state index contributed by atoms with van der Waals surface area (Å²) in [6, 6.07) is 7.58. The summed E-state index contributed by atoms with van der Waals surface area (Å²) >= 11 is 12.1. The molecule has 3 N–H and O–H groups in total. The van der Waals surface area contributed by atoms with Crippen LogP contribution in [0.2, 0.25) is 10.0 Å². The fourth-order valence-electron chi connectivity index (χ4n) is 1.53. The van der Waals surface area contributed by atoms with E-state index >= 15 is 0 Å². The number of aryl methyl sites for hydroxylation is 1. The first-order chi connectivity index (χ1) is 8.47. The predicted octanol–water partition coefficient (Wildman–Crippen LogP) is 4.77. The molecule has 94 valence electrons. The predicted molar refractivity (Wildman–Crippen MR) is 75.3 cm³/mol. The second kappa shape index (κ2) is 5.04. The number of rotatable bonds is 2. The van der Waals surface area contributed by atoms with Crippen molar-refractivity contribution in [3.8, 4) is 0 Å². The number of hydrogen-bond acceptors (Lipinski definition) is 2. The van der Waals surface area contributed by atoms with Gasteiger partial charge < -0.3 is 11.1 Å². The molecule has 0 amide bonds. The third kappa shape index (κ3) is 2.68. The molecule has 0 radical (unpaired) electrons. The Balaban J connectivity index is 2.37. The quantitative estimate of drug-likeness (QED) is 0.780. The second-order valence-corrected chi connectivity index (χ2v) is 4.75. The SMILES string of the molecule is Cc1cc(Cl)c(Nc2ccc(F)cc2N)cc1Cl. The van der Waals surface area contributed by atoms with Gasteiger partial charge in [-0.2, -0.15) is 0 Å². The van der Waals surface area contributed by atoms with Crippen LogP contribution in [0.3, 0.4) is 0 Å². The van der Waals surface area contributed by atoms with Crippen molar-refractivity contribution < 1.29 is 4.39 Å². The van der Waals surface area contributed by atoms with Crippen LogP contribution in [0, 0.1) is 12.7 Å². The molecule has 0 aliphatic heterocycles. The molecule has 0 saturated carbocycles. The molecule has 0 atom stereocenters. The van der Waals surface area contributed by atoms with Crippen molar-refractivity contribution in [2.24, 2.45) is 0 Å². The highest BCUT2D eigenvalue weighted by atomic mass is 35.5. The molecule has 2 aromatic carbocycles. The van der Waals surface area contributed by atoms with E-state index in [0.29, 0.717) is 27.1 Å². The second-order valence-electron chi connectivity index (χ2n) is 3.94. The van der Waals surface area contributed by atoms with Gasteiger partial charge in [0.2, 0.25) is 0 Å². The number of nitrogens with one attached hydrogen (secondary N) is 1. The van der Waals surface area contributed by atoms with Crippen LogP contribution in [-0.4, -0.2) is 0 Å². The topological polar surface area (TPSA) is 38.0 Å². The molecule has 5 heteroatoms. The van der Waals surface area contributed by atoms with E-state index < -0.39 is 0 Å². The number of halogens is 3. The van der Waals surface area contributed by atoms with Gasteiger partial charge >= 0.3 is 0 Å². The lowest BCUT2D eigenvalue weighted by molar-refractivity contribution is 0.628. The van der Waals surface area contributed by atoms with Gasteiger partial charge in [0, 0.05) is 5.02 Å². The Hall–Kier alpha value is -1.45. The van der Waals surface area contributed by atoms with E-state index in [1.165, 1.54) is 12.1 Å². The van der Waals surface area contributed by atoms with Crippen molar-refractivity contribution in [2.75, 3.05) is 11.1 Å². The normalized spacial score (nSPS) is 10.4. The lowest BCUT2D eigenvalue weighted by Gasteiger charge is -2.12. The zero-order valence-electron chi connectivity index (χ0n) is 9.60. The van der Waals surface area contributed by atoms with Crippen LogP contribution in [0.5, 0.6) is 0 Å². The average molecular weight is 285 g/mol. The molecule has 2 aromatic rings. The third-order valence-corrected chi connectivity index (χ3v) is 3.25. The molecule has 0 fully saturated rings. The number of benzene rings is 2. The van der Waals surface area contributed by atoms with Gasteiger partial charge in [0.1, 0.15) is 5.82 Å². The maximum Gasteiger partial charge on any atom is 0.125 e. The Labute approximate surface area is 115 Å². The molecular weight excluding hydrogens is 274 g/mol. The van der Waals surface area contributed by atoms with E-state index in [4.69, 9.17) is 28.9 Å². The molecule has 0 bridgehead atoms. The van der Waals surface area contributed by atoms with E-state index in [0.717, 1.165) is 5.56 Å². The van der Waals surface area contributed by atoms with Crippen molar-refractivity contribution in [1.82, 2.24) is 0 Å². The number of hydrogen-bond donors (Lipinski definition) is 2. The average Bonchev–Trinajstić information content (AvgIpc) is 2.29. The maximum atomic E-state index is 12.9. The Morgan fingerprint density at radius 1 is 1.06 bits per heavy atom. The summed E-state index contributed by atoms with van der Waals surface area (Å²) < 4.78 is 12.9. The largest absolute Gasteiger partial charge is 0.397 e. The van der Waals surface area contributed by atoms with Crippen LogP contribution in [-0.2, 0) is 0 Å². The van der Waals surface area contributed by atoms with Crippen molar-refractivity contribution >= 4 is 40.3 Å². The summed E-state index contributed by atoms with van der Waals surface area (Å²) in [4.78, 5) is 0. The zero-order chi connectivity index (χ0) is 13.3. The first-order valence-electron chi connectivity index (χ1n) is 5.25.